The van der Waals surface area contributed by atoms with Crippen molar-refractivity contribution in [3.63, 3.8) is 0 Å². The van der Waals surface area contributed by atoms with Gasteiger partial charge in [-0.2, -0.15) is 0 Å². The van der Waals surface area contributed by atoms with Crippen LogP contribution in [0.15, 0.2) is 54.1 Å². The molecule has 1 amide bonds. The van der Waals surface area contributed by atoms with Crippen LogP contribution in [0.2, 0.25) is 0 Å². The summed E-state index contributed by atoms with van der Waals surface area (Å²) in [6, 6.07) is 14.4. The summed E-state index contributed by atoms with van der Waals surface area (Å²) in [5.41, 5.74) is 3.48. The third-order valence-corrected chi connectivity index (χ3v) is 5.61. The number of carbonyl (C=O) groups is 2. The van der Waals surface area contributed by atoms with Gasteiger partial charge in [0, 0.05) is 5.57 Å². The number of nitrogens with zero attached hydrogens (tertiary/aromatic N) is 1. The first kappa shape index (κ1) is 21.8. The molecular weight excluding hydrogens is 376 g/mol. The van der Waals surface area contributed by atoms with Gasteiger partial charge in [0.25, 0.3) is 5.91 Å². The van der Waals surface area contributed by atoms with Crippen LogP contribution in [0.3, 0.4) is 0 Å². The van der Waals surface area contributed by atoms with Crippen LogP contribution in [-0.4, -0.2) is 43.8 Å². The van der Waals surface area contributed by atoms with Crippen LogP contribution >= 0.6 is 0 Å². The number of hydrogen-bond donors (Lipinski definition) is 1. The standard InChI is InChI=1S/C25H30N2O3/c1-16(2)18-10-12-19(13-11-18)22-21(23(28)20-8-6-17(3)7-9-20)24(29)25(30)27(22)15-14-26(4)5/h6-13,16,22,28H,14-15H2,1-5H3. The SMILES string of the molecule is Cc1ccc(C([O-])=C2C(=O)C(=O)N(CC[NH+](C)C)C2c2ccc(C(C)C)cc2)cc1. The monoisotopic (exact) mass is 406 g/mol. The summed E-state index contributed by atoms with van der Waals surface area (Å²) in [5.74, 6) is -1.28. The number of aryl methyl sites for hydroxylation is 1. The van der Waals surface area contributed by atoms with Gasteiger partial charge < -0.3 is 14.9 Å². The Bertz CT molecular complexity index is 957. The Hall–Kier alpha value is -2.92. The van der Waals surface area contributed by atoms with Crippen molar-refractivity contribution in [2.75, 3.05) is 27.2 Å². The number of amides is 1. The molecule has 5 heteroatoms. The van der Waals surface area contributed by atoms with Crippen LogP contribution in [0.5, 0.6) is 0 Å². The first-order chi connectivity index (χ1) is 14.2. The lowest BCUT2D eigenvalue weighted by Crippen LogP contribution is -3.06. The van der Waals surface area contributed by atoms with E-state index in [1.807, 2.05) is 57.4 Å². The average molecular weight is 407 g/mol. The highest BCUT2D eigenvalue weighted by molar-refractivity contribution is 6.46. The molecule has 1 fully saturated rings. The van der Waals surface area contributed by atoms with Crippen molar-refractivity contribution in [2.45, 2.75) is 32.7 Å². The van der Waals surface area contributed by atoms with Gasteiger partial charge >= 0.3 is 0 Å². The normalized spacial score (nSPS) is 18.6. The van der Waals surface area contributed by atoms with Crippen molar-refractivity contribution < 1.29 is 19.6 Å². The Morgan fingerprint density at radius 2 is 1.63 bits per heavy atom. The van der Waals surface area contributed by atoms with E-state index in [0.29, 0.717) is 24.6 Å². The van der Waals surface area contributed by atoms with Crippen molar-refractivity contribution in [3.8, 4) is 0 Å². The van der Waals surface area contributed by atoms with E-state index >= 15 is 0 Å². The second-order valence-electron chi connectivity index (χ2n) is 8.62. The van der Waals surface area contributed by atoms with Gasteiger partial charge in [0.2, 0.25) is 5.78 Å². The smallest absolute Gasteiger partial charge is 0.295 e. The summed E-state index contributed by atoms with van der Waals surface area (Å²) >= 11 is 0. The zero-order valence-electron chi connectivity index (χ0n) is 18.4. The van der Waals surface area contributed by atoms with E-state index in [-0.39, 0.29) is 11.3 Å². The number of likely N-dealkylation sites (N-methyl/N-ethyl adjacent to an activating group) is 1. The van der Waals surface area contributed by atoms with Crippen LogP contribution in [0.25, 0.3) is 5.76 Å². The van der Waals surface area contributed by atoms with Crippen LogP contribution in [0.4, 0.5) is 0 Å². The molecule has 158 valence electrons. The van der Waals surface area contributed by atoms with Crippen molar-refractivity contribution >= 4 is 17.4 Å². The molecule has 1 aliphatic rings. The molecule has 5 nitrogen and oxygen atoms in total. The third-order valence-electron chi connectivity index (χ3n) is 5.61. The van der Waals surface area contributed by atoms with Gasteiger partial charge in [-0.15, -0.1) is 0 Å². The van der Waals surface area contributed by atoms with Gasteiger partial charge in [0.15, 0.2) is 0 Å². The molecule has 1 heterocycles. The Morgan fingerprint density at radius 3 is 2.17 bits per heavy atom. The molecule has 3 rings (SSSR count). The van der Waals surface area contributed by atoms with Crippen molar-refractivity contribution in [1.29, 1.82) is 0 Å². The molecule has 0 aromatic heterocycles. The lowest BCUT2D eigenvalue weighted by Gasteiger charge is -2.28. The Kier molecular flexibility index (Phi) is 6.42. The predicted octanol–water partition coefficient (Wildman–Crippen LogP) is 1.49. The van der Waals surface area contributed by atoms with Crippen molar-refractivity contribution in [2.24, 2.45) is 0 Å². The van der Waals surface area contributed by atoms with E-state index in [1.165, 1.54) is 10.5 Å². The number of hydrogen-bond acceptors (Lipinski definition) is 3. The van der Waals surface area contributed by atoms with E-state index in [9.17, 15) is 14.7 Å². The zero-order chi connectivity index (χ0) is 22.0. The third kappa shape index (κ3) is 4.31. The fourth-order valence-electron chi connectivity index (χ4n) is 3.72. The number of likely N-dealkylation sites (tertiary alicyclic amines) is 1. The number of Topliss-reactive ketones (excluding diaryl/α,β-unsaturated/α-hetero) is 1. The topological polar surface area (TPSA) is 64.9 Å². The molecular formula is C25H30N2O3. The summed E-state index contributed by atoms with van der Waals surface area (Å²) in [6.45, 7) is 7.26. The van der Waals surface area contributed by atoms with Crippen LogP contribution in [0.1, 0.15) is 48.1 Å². The van der Waals surface area contributed by atoms with Crippen LogP contribution < -0.4 is 10.0 Å². The Morgan fingerprint density at radius 1 is 1.03 bits per heavy atom. The van der Waals surface area contributed by atoms with Crippen LogP contribution in [0, 0.1) is 6.92 Å². The molecule has 30 heavy (non-hydrogen) atoms. The maximum Gasteiger partial charge on any atom is 0.295 e. The van der Waals surface area contributed by atoms with E-state index in [2.05, 4.69) is 13.8 Å². The van der Waals surface area contributed by atoms with Gasteiger partial charge in [0.05, 0.1) is 33.2 Å². The molecule has 0 spiro atoms. The molecule has 0 aliphatic carbocycles. The lowest BCUT2D eigenvalue weighted by atomic mass is 9.93. The van der Waals surface area contributed by atoms with Gasteiger partial charge in [-0.3, -0.25) is 9.59 Å². The minimum atomic E-state index is -0.688. The summed E-state index contributed by atoms with van der Waals surface area (Å²) in [6.07, 6.45) is 0. The summed E-state index contributed by atoms with van der Waals surface area (Å²) < 4.78 is 0. The first-order valence-corrected chi connectivity index (χ1v) is 10.4. The van der Waals surface area contributed by atoms with Crippen LogP contribution in [-0.2, 0) is 9.59 Å². The fourth-order valence-corrected chi connectivity index (χ4v) is 3.72. The van der Waals surface area contributed by atoms with E-state index < -0.39 is 17.7 Å². The number of benzene rings is 2. The minimum Gasteiger partial charge on any atom is -0.872 e. The van der Waals surface area contributed by atoms with Gasteiger partial charge in [-0.25, -0.2) is 0 Å². The lowest BCUT2D eigenvalue weighted by molar-refractivity contribution is -0.857. The zero-order valence-corrected chi connectivity index (χ0v) is 18.4. The number of quaternary nitrogens is 1. The maximum absolute atomic E-state index is 13.3. The molecule has 1 unspecified atom stereocenters. The fraction of sp³-hybridized carbons (Fsp3) is 0.360. The van der Waals surface area contributed by atoms with E-state index in [1.54, 1.807) is 17.0 Å². The van der Waals surface area contributed by atoms with Gasteiger partial charge in [-0.05, 0) is 29.5 Å². The van der Waals surface area contributed by atoms with E-state index in [4.69, 9.17) is 0 Å². The minimum absolute atomic E-state index is 0.0508. The van der Waals surface area contributed by atoms with E-state index in [0.717, 1.165) is 11.1 Å². The number of nitrogens with one attached hydrogen (secondary N) is 1. The van der Waals surface area contributed by atoms with Gasteiger partial charge in [0.1, 0.15) is 0 Å². The Labute approximate surface area is 178 Å². The molecule has 1 atom stereocenters. The highest BCUT2D eigenvalue weighted by atomic mass is 16.3. The molecule has 1 saturated heterocycles. The summed E-state index contributed by atoms with van der Waals surface area (Å²) in [7, 11) is 3.99. The van der Waals surface area contributed by atoms with Crippen molar-refractivity contribution in [3.05, 3.63) is 76.4 Å². The average Bonchev–Trinajstić information content (AvgIpc) is 2.97. The highest BCUT2D eigenvalue weighted by Crippen LogP contribution is 2.38. The Balaban J connectivity index is 2.12. The largest absolute Gasteiger partial charge is 0.872 e. The molecule has 0 radical (unpaired) electrons. The first-order valence-electron chi connectivity index (χ1n) is 10.4. The second kappa shape index (κ2) is 8.84. The maximum atomic E-state index is 13.3. The number of ketones is 1. The van der Waals surface area contributed by atoms with Gasteiger partial charge in [-0.1, -0.05) is 73.7 Å². The molecule has 0 saturated carbocycles. The molecule has 1 aliphatic heterocycles. The highest BCUT2D eigenvalue weighted by Gasteiger charge is 2.44. The molecule has 1 N–H and O–H groups in total. The number of carbonyl (C=O) groups excluding carboxylic acids is 2. The number of rotatable bonds is 6. The van der Waals surface area contributed by atoms with Crippen molar-refractivity contribution in [1.82, 2.24) is 4.90 Å². The molecule has 2 aromatic rings. The molecule has 2 aromatic carbocycles. The molecule has 0 bridgehead atoms. The second-order valence-corrected chi connectivity index (χ2v) is 8.62. The summed E-state index contributed by atoms with van der Waals surface area (Å²) in [5, 5.41) is 13.3. The summed E-state index contributed by atoms with van der Waals surface area (Å²) in [4.78, 5) is 28.5. The quantitative estimate of drug-likeness (QED) is 0.449. The predicted molar refractivity (Wildman–Crippen MR) is 116 cm³/mol.